The minimum Gasteiger partial charge on any atom is -0.453 e. The number of fused-ring (bicyclic) bond motifs is 10. The lowest BCUT2D eigenvalue weighted by Gasteiger charge is -2.39. The smallest absolute Gasteiger partial charge is 0.453 e. The molecule has 2 amide bonds. The lowest BCUT2D eigenvalue weighted by Crippen LogP contribution is -2.51. The second kappa shape index (κ2) is 13.0. The van der Waals surface area contributed by atoms with Crippen LogP contribution >= 0.6 is 0 Å². The Morgan fingerprint density at radius 2 is 1.46 bits per heavy atom. The zero-order valence-corrected chi connectivity index (χ0v) is 33.4. The quantitative estimate of drug-likeness (QED) is 0.225. The number of benzene rings is 2. The lowest BCUT2D eigenvalue weighted by atomic mass is 9.69. The number of methoxy groups -OCH3 is 1. The molecule has 7 atom stereocenters. The van der Waals surface area contributed by atoms with Crippen LogP contribution < -0.4 is 10.8 Å². The predicted molar refractivity (Wildman–Crippen MR) is 211 cm³/mol. The van der Waals surface area contributed by atoms with E-state index in [1.807, 2.05) is 24.9 Å². The molecule has 5 unspecified atom stereocenters. The van der Waals surface area contributed by atoms with Crippen molar-refractivity contribution in [3.63, 3.8) is 0 Å². The van der Waals surface area contributed by atoms with Crippen molar-refractivity contribution in [1.29, 1.82) is 0 Å². The van der Waals surface area contributed by atoms with Crippen LogP contribution in [0.15, 0.2) is 30.5 Å². The van der Waals surface area contributed by atoms with Crippen molar-refractivity contribution < 1.29 is 23.6 Å². The Balaban J connectivity index is 1.07. The van der Waals surface area contributed by atoms with E-state index in [1.165, 1.54) is 78.9 Å². The summed E-state index contributed by atoms with van der Waals surface area (Å²) in [6.45, 7) is 15.6. The number of H-pyrrole nitrogens is 1. The van der Waals surface area contributed by atoms with Gasteiger partial charge < -0.3 is 29.2 Å². The van der Waals surface area contributed by atoms with Gasteiger partial charge in [0.05, 0.1) is 36.2 Å². The van der Waals surface area contributed by atoms with Gasteiger partial charge in [-0.05, 0) is 146 Å². The van der Waals surface area contributed by atoms with E-state index < -0.39 is 12.1 Å². The van der Waals surface area contributed by atoms with Gasteiger partial charge in [-0.3, -0.25) is 4.79 Å². The van der Waals surface area contributed by atoms with E-state index in [-0.39, 0.29) is 36.2 Å². The number of nitrogens with one attached hydrogen (secondary N) is 2. The Bertz CT molecular complexity index is 2010. The molecule has 0 radical (unpaired) electrons. The van der Waals surface area contributed by atoms with Crippen molar-refractivity contribution in [2.24, 2.45) is 11.8 Å². The first-order chi connectivity index (χ1) is 25.8. The number of aromatic nitrogens is 2. The molecule has 2 saturated heterocycles. The van der Waals surface area contributed by atoms with Gasteiger partial charge in [0.2, 0.25) is 5.91 Å². The number of amides is 2. The molecule has 6 aliphatic rings. The third-order valence-electron chi connectivity index (χ3n) is 14.8. The molecule has 4 aliphatic carbocycles. The van der Waals surface area contributed by atoms with Crippen molar-refractivity contribution in [3.05, 3.63) is 58.5 Å². The number of nitrogens with zero attached hydrogens (tertiary/aromatic N) is 2. The van der Waals surface area contributed by atoms with Gasteiger partial charge in [-0.2, -0.15) is 0 Å². The van der Waals surface area contributed by atoms with Crippen molar-refractivity contribution in [3.8, 4) is 22.4 Å². The molecular formula is C44H57BN4O5. The molecule has 3 aromatic rings. The van der Waals surface area contributed by atoms with E-state index in [9.17, 15) is 9.59 Å². The van der Waals surface area contributed by atoms with E-state index in [0.29, 0.717) is 36.1 Å². The molecule has 2 aliphatic heterocycles. The maximum Gasteiger partial charge on any atom is 0.495 e. The molecule has 4 fully saturated rings. The summed E-state index contributed by atoms with van der Waals surface area (Å²) in [5, 5.41) is 2.76. The van der Waals surface area contributed by atoms with Gasteiger partial charge in [-0.1, -0.05) is 52.0 Å². The second-order valence-electron chi connectivity index (χ2n) is 18.5. The Kier molecular flexibility index (Phi) is 8.66. The largest absolute Gasteiger partial charge is 0.495 e. The van der Waals surface area contributed by atoms with Crippen molar-refractivity contribution in [2.75, 3.05) is 13.7 Å². The average Bonchev–Trinajstić information content (AvgIpc) is 4.01. The van der Waals surface area contributed by atoms with Crippen LogP contribution in [0.4, 0.5) is 4.79 Å². The van der Waals surface area contributed by atoms with Gasteiger partial charge in [-0.25, -0.2) is 9.78 Å². The third-order valence-corrected chi connectivity index (χ3v) is 14.8. The normalized spacial score (nSPS) is 29.4. The van der Waals surface area contributed by atoms with Gasteiger partial charge in [0, 0.05) is 12.1 Å². The van der Waals surface area contributed by atoms with Crippen LogP contribution in [0.3, 0.4) is 0 Å². The van der Waals surface area contributed by atoms with E-state index in [4.69, 9.17) is 19.0 Å². The zero-order chi connectivity index (χ0) is 37.8. The maximum absolute atomic E-state index is 13.8. The number of carbonyl (C=O) groups excluding carboxylic acids is 2. The molecule has 10 heteroatoms. The maximum atomic E-state index is 13.8. The highest BCUT2D eigenvalue weighted by Crippen LogP contribution is 2.61. The second-order valence-corrected chi connectivity index (χ2v) is 18.5. The Labute approximate surface area is 320 Å². The molecule has 2 N–H and O–H groups in total. The number of rotatable bonds is 8. The van der Waals surface area contributed by atoms with Crippen LogP contribution in [0.5, 0.6) is 0 Å². The minimum absolute atomic E-state index is 0.0774. The van der Waals surface area contributed by atoms with E-state index >= 15 is 0 Å². The van der Waals surface area contributed by atoms with Gasteiger partial charge in [0.25, 0.3) is 0 Å². The molecule has 2 aromatic carbocycles. The summed E-state index contributed by atoms with van der Waals surface area (Å²) in [4.78, 5) is 36.4. The molecule has 54 heavy (non-hydrogen) atoms. The van der Waals surface area contributed by atoms with E-state index in [1.54, 1.807) is 11.1 Å². The van der Waals surface area contributed by atoms with Crippen LogP contribution in [-0.4, -0.2) is 64.9 Å². The Morgan fingerprint density at radius 1 is 0.870 bits per heavy atom. The summed E-state index contributed by atoms with van der Waals surface area (Å²) < 4.78 is 18.5. The van der Waals surface area contributed by atoms with Crippen LogP contribution in [0.2, 0.25) is 0 Å². The van der Waals surface area contributed by atoms with E-state index in [0.717, 1.165) is 24.4 Å². The highest BCUT2D eigenvalue weighted by Gasteiger charge is 2.57. The topological polar surface area (TPSA) is 106 Å². The first-order valence-corrected chi connectivity index (χ1v) is 20.7. The molecule has 9 rings (SSSR count). The lowest BCUT2D eigenvalue weighted by molar-refractivity contribution is -0.135. The predicted octanol–water partition coefficient (Wildman–Crippen LogP) is 8.45. The van der Waals surface area contributed by atoms with Crippen molar-refractivity contribution in [2.45, 2.75) is 147 Å². The SMILES string of the molecule is COC(=O)N[C@H](C(=O)N1CCC[C@H]1c1ncc(-c2ccc(-c3ccc(B4OC(C)(C)C(C)(C(C)C)O4)c4c3C3CCC4C3)c3c2C2CCC3C2)[nH]1)C(C)C. The molecule has 4 bridgehead atoms. The molecule has 0 spiro atoms. The van der Waals surface area contributed by atoms with Crippen molar-refractivity contribution in [1.82, 2.24) is 20.2 Å². The standard InChI is InChI=1S/C44H57BN4O5/c1-23(2)39(48-42(51)52-8)41(50)49-19-9-10-34(49)40-46-22-33(47-40)31-16-15-29(35-25-11-12-27(20-25)37(31)35)30-17-18-32(38-28-14-13-26(21-28)36(30)38)45-53-43(5,6)44(7,54-45)24(3)4/h15-18,22-28,34,39H,9-14,19-21H2,1-8H3,(H,46,47)(H,48,51)/t25?,26?,27?,28?,34-,39-,44?/m0/s1. The molecule has 2 saturated carbocycles. The number of hydrogen-bond donors (Lipinski definition) is 2. The minimum atomic E-state index is -0.658. The summed E-state index contributed by atoms with van der Waals surface area (Å²) in [5.74, 6) is 3.26. The number of hydrogen-bond acceptors (Lipinski definition) is 6. The number of aromatic amines is 1. The zero-order valence-electron chi connectivity index (χ0n) is 33.4. The number of ether oxygens (including phenoxy) is 1. The molecule has 3 heterocycles. The van der Waals surface area contributed by atoms with Gasteiger partial charge >= 0.3 is 13.2 Å². The third kappa shape index (κ3) is 5.36. The average molecular weight is 733 g/mol. The van der Waals surface area contributed by atoms with Gasteiger partial charge in [0.1, 0.15) is 11.9 Å². The molecular weight excluding hydrogens is 675 g/mol. The molecule has 1 aromatic heterocycles. The summed E-state index contributed by atoms with van der Waals surface area (Å²) in [5.41, 5.74) is 11.7. The Hall–Kier alpha value is -3.63. The van der Waals surface area contributed by atoms with Gasteiger partial charge in [0.15, 0.2) is 0 Å². The summed E-state index contributed by atoms with van der Waals surface area (Å²) in [6.07, 6.45) is 10.5. The fraction of sp³-hybridized carbons (Fsp3) is 0.614. The summed E-state index contributed by atoms with van der Waals surface area (Å²) >= 11 is 0. The summed E-state index contributed by atoms with van der Waals surface area (Å²) in [7, 11) is 0.977. The first kappa shape index (κ1) is 36.0. The molecule has 9 nitrogen and oxygen atoms in total. The van der Waals surface area contributed by atoms with Crippen molar-refractivity contribution >= 4 is 24.6 Å². The van der Waals surface area contributed by atoms with Crippen LogP contribution in [0.1, 0.15) is 158 Å². The summed E-state index contributed by atoms with van der Waals surface area (Å²) in [6, 6.07) is 8.66. The fourth-order valence-corrected chi connectivity index (χ4v) is 11.6. The van der Waals surface area contributed by atoms with Crippen LogP contribution in [-0.2, 0) is 18.8 Å². The fourth-order valence-electron chi connectivity index (χ4n) is 11.6. The number of alkyl carbamates (subject to hydrolysis) is 1. The van der Waals surface area contributed by atoms with Gasteiger partial charge in [-0.15, -0.1) is 0 Å². The van der Waals surface area contributed by atoms with E-state index in [2.05, 4.69) is 69.2 Å². The van der Waals surface area contributed by atoms with Crippen LogP contribution in [0, 0.1) is 11.8 Å². The first-order valence-electron chi connectivity index (χ1n) is 20.7. The Morgan fingerprint density at radius 3 is 2.07 bits per heavy atom. The highest BCUT2D eigenvalue weighted by atomic mass is 16.7. The highest BCUT2D eigenvalue weighted by molar-refractivity contribution is 6.62. The van der Waals surface area contributed by atoms with Crippen LogP contribution in [0.25, 0.3) is 22.4 Å². The number of carbonyl (C=O) groups is 2. The molecule has 286 valence electrons. The number of likely N-dealkylation sites (tertiary alicyclic amines) is 1. The monoisotopic (exact) mass is 732 g/mol. The number of imidazole rings is 1.